The molecule has 106 valence electrons. The summed E-state index contributed by atoms with van der Waals surface area (Å²) < 4.78 is 18.6. The first-order valence-electron chi connectivity index (χ1n) is 5.79. The first-order valence-corrected chi connectivity index (χ1v) is 6.78. The monoisotopic (exact) mass is 295 g/mol. The molecule has 5 N–H and O–H groups in total. The van der Waals surface area contributed by atoms with E-state index >= 15 is 0 Å². The Balaban J connectivity index is 2.11. The zero-order chi connectivity index (χ0) is 14.7. The molecule has 5 nitrogen and oxygen atoms in total. The molecule has 1 heterocycles. The lowest BCUT2D eigenvalue weighted by molar-refractivity contribution is 0.0952. The van der Waals surface area contributed by atoms with Gasteiger partial charge in [0, 0.05) is 10.6 Å². The summed E-state index contributed by atoms with van der Waals surface area (Å²) >= 11 is 1.33. The molecule has 0 atom stereocenters. The average molecular weight is 295 g/mol. The van der Waals surface area contributed by atoms with Crippen LogP contribution in [0.4, 0.5) is 10.1 Å². The second-order valence-electron chi connectivity index (χ2n) is 4.13. The van der Waals surface area contributed by atoms with Crippen LogP contribution in [0.3, 0.4) is 0 Å². The summed E-state index contributed by atoms with van der Waals surface area (Å²) in [4.78, 5) is 12.1. The molecule has 0 saturated carbocycles. The van der Waals surface area contributed by atoms with Crippen LogP contribution in [0, 0.1) is 12.7 Å². The summed E-state index contributed by atoms with van der Waals surface area (Å²) in [5, 5.41) is 0. The van der Waals surface area contributed by atoms with Gasteiger partial charge in [-0.25, -0.2) is 10.2 Å². The number of halogens is 1. The fourth-order valence-corrected chi connectivity index (χ4v) is 2.57. The largest absolute Gasteiger partial charge is 0.465 e. The number of hydrogen-bond donors (Lipinski definition) is 3. The minimum Gasteiger partial charge on any atom is -0.465 e. The molecule has 0 saturated heterocycles. The molecule has 7 heteroatoms. The molecule has 0 bridgehead atoms. The fourth-order valence-electron chi connectivity index (χ4n) is 1.70. The maximum atomic E-state index is 13.1. The first-order chi connectivity index (χ1) is 9.51. The van der Waals surface area contributed by atoms with Gasteiger partial charge in [-0.15, -0.1) is 11.8 Å². The lowest BCUT2D eigenvalue weighted by atomic mass is 10.2. The second kappa shape index (κ2) is 5.98. The zero-order valence-corrected chi connectivity index (χ0v) is 11.6. The van der Waals surface area contributed by atoms with Crippen LogP contribution in [0.2, 0.25) is 0 Å². The van der Waals surface area contributed by atoms with Gasteiger partial charge in [-0.2, -0.15) is 0 Å². The Morgan fingerprint density at radius 1 is 1.45 bits per heavy atom. The summed E-state index contributed by atoms with van der Waals surface area (Å²) in [5.41, 5.74) is 8.69. The molecular formula is C13H14FN3O2S. The van der Waals surface area contributed by atoms with Gasteiger partial charge in [-0.1, -0.05) is 0 Å². The van der Waals surface area contributed by atoms with Crippen LogP contribution in [0.1, 0.15) is 21.9 Å². The third-order valence-electron chi connectivity index (χ3n) is 2.69. The molecule has 0 fully saturated rings. The Hall–Kier alpha value is -1.99. The van der Waals surface area contributed by atoms with E-state index in [9.17, 15) is 9.18 Å². The number of nitrogen functional groups attached to an aromatic ring is 2. The Kier molecular flexibility index (Phi) is 4.31. The SMILES string of the molecule is Cc1oc(CSc2cc(F)ccc2N)cc1C(=O)NN. The molecule has 0 aliphatic rings. The second-order valence-corrected chi connectivity index (χ2v) is 5.14. The molecule has 2 rings (SSSR count). The maximum Gasteiger partial charge on any atom is 0.268 e. The van der Waals surface area contributed by atoms with Crippen molar-refractivity contribution in [2.45, 2.75) is 17.6 Å². The van der Waals surface area contributed by atoms with Crippen molar-refractivity contribution in [1.29, 1.82) is 0 Å². The van der Waals surface area contributed by atoms with Gasteiger partial charge in [0.15, 0.2) is 0 Å². The van der Waals surface area contributed by atoms with Crippen molar-refractivity contribution in [3.05, 3.63) is 47.2 Å². The smallest absolute Gasteiger partial charge is 0.268 e. The molecule has 0 aliphatic carbocycles. The Morgan fingerprint density at radius 3 is 2.90 bits per heavy atom. The summed E-state index contributed by atoms with van der Waals surface area (Å²) in [6.45, 7) is 1.68. The number of nitrogens with one attached hydrogen (secondary N) is 1. The van der Waals surface area contributed by atoms with Crippen LogP contribution in [0.5, 0.6) is 0 Å². The van der Waals surface area contributed by atoms with E-state index in [4.69, 9.17) is 16.0 Å². The Morgan fingerprint density at radius 2 is 2.20 bits per heavy atom. The molecule has 1 aromatic carbocycles. The number of carbonyl (C=O) groups excluding carboxylic acids is 1. The van der Waals surface area contributed by atoms with Crippen LogP contribution in [-0.2, 0) is 5.75 Å². The summed E-state index contributed by atoms with van der Waals surface area (Å²) in [7, 11) is 0. The lowest BCUT2D eigenvalue weighted by Gasteiger charge is -2.03. The van der Waals surface area contributed by atoms with Gasteiger partial charge in [0.1, 0.15) is 17.3 Å². The third-order valence-corrected chi connectivity index (χ3v) is 3.78. The van der Waals surface area contributed by atoms with Gasteiger partial charge in [-0.05, 0) is 31.2 Å². The highest BCUT2D eigenvalue weighted by Gasteiger charge is 2.14. The first kappa shape index (κ1) is 14.4. The Labute approximate surface area is 119 Å². The standard InChI is InChI=1S/C13H14FN3O2S/c1-7-10(13(18)17-16)5-9(19-7)6-20-12-4-8(14)2-3-11(12)15/h2-5H,6,15-16H2,1H3,(H,17,18). The number of nitrogens with two attached hydrogens (primary N) is 2. The number of furan rings is 1. The molecule has 2 aromatic rings. The van der Waals surface area contributed by atoms with Crippen LogP contribution < -0.4 is 17.0 Å². The summed E-state index contributed by atoms with van der Waals surface area (Å²) in [6, 6.07) is 5.79. The van der Waals surface area contributed by atoms with E-state index in [1.165, 1.54) is 30.0 Å². The molecular weight excluding hydrogens is 281 g/mol. The van der Waals surface area contributed by atoms with E-state index in [0.717, 1.165) is 0 Å². The van der Waals surface area contributed by atoms with Gasteiger partial charge in [-0.3, -0.25) is 10.2 Å². The highest BCUT2D eigenvalue weighted by molar-refractivity contribution is 7.98. The number of hydrogen-bond acceptors (Lipinski definition) is 5. The Bertz CT molecular complexity index is 643. The highest BCUT2D eigenvalue weighted by atomic mass is 32.2. The number of anilines is 1. The van der Waals surface area contributed by atoms with Crippen molar-refractivity contribution in [2.75, 3.05) is 5.73 Å². The van der Waals surface area contributed by atoms with Gasteiger partial charge >= 0.3 is 0 Å². The normalized spacial score (nSPS) is 10.6. The molecule has 1 amide bonds. The fraction of sp³-hybridized carbons (Fsp3) is 0.154. The van der Waals surface area contributed by atoms with Crippen molar-refractivity contribution in [3.63, 3.8) is 0 Å². The summed E-state index contributed by atoms with van der Waals surface area (Å²) in [5.74, 6) is 5.83. The van der Waals surface area contributed by atoms with Gasteiger partial charge in [0.2, 0.25) is 0 Å². The predicted octanol–water partition coefficient (Wildman–Crippen LogP) is 2.21. The number of thioether (sulfide) groups is 1. The molecule has 0 radical (unpaired) electrons. The maximum absolute atomic E-state index is 13.1. The molecule has 0 aliphatic heterocycles. The van der Waals surface area contributed by atoms with E-state index < -0.39 is 5.91 Å². The van der Waals surface area contributed by atoms with Crippen LogP contribution in [0.15, 0.2) is 33.6 Å². The van der Waals surface area contributed by atoms with Gasteiger partial charge < -0.3 is 10.2 Å². The molecule has 0 unspecified atom stereocenters. The molecule has 20 heavy (non-hydrogen) atoms. The van der Waals surface area contributed by atoms with E-state index in [1.54, 1.807) is 13.0 Å². The van der Waals surface area contributed by atoms with E-state index in [2.05, 4.69) is 5.43 Å². The van der Waals surface area contributed by atoms with Crippen molar-refractivity contribution >= 4 is 23.4 Å². The number of benzene rings is 1. The average Bonchev–Trinajstić information content (AvgIpc) is 2.80. The lowest BCUT2D eigenvalue weighted by Crippen LogP contribution is -2.30. The quantitative estimate of drug-likeness (QED) is 0.264. The van der Waals surface area contributed by atoms with Crippen molar-refractivity contribution in [2.24, 2.45) is 5.84 Å². The number of aryl methyl sites for hydroxylation is 1. The van der Waals surface area contributed by atoms with E-state index in [1.807, 2.05) is 0 Å². The van der Waals surface area contributed by atoms with Gasteiger partial charge in [0.05, 0.1) is 11.3 Å². The van der Waals surface area contributed by atoms with E-state index in [0.29, 0.717) is 33.4 Å². The third kappa shape index (κ3) is 3.12. The van der Waals surface area contributed by atoms with Crippen LogP contribution in [0.25, 0.3) is 0 Å². The number of rotatable bonds is 4. The van der Waals surface area contributed by atoms with Crippen molar-refractivity contribution in [1.82, 2.24) is 5.43 Å². The van der Waals surface area contributed by atoms with Gasteiger partial charge in [0.25, 0.3) is 5.91 Å². The number of carbonyl (C=O) groups is 1. The predicted molar refractivity (Wildman–Crippen MR) is 75.5 cm³/mol. The van der Waals surface area contributed by atoms with E-state index in [-0.39, 0.29) is 5.82 Å². The number of hydrazine groups is 1. The zero-order valence-electron chi connectivity index (χ0n) is 10.8. The summed E-state index contributed by atoms with van der Waals surface area (Å²) in [6.07, 6.45) is 0. The number of amides is 1. The van der Waals surface area contributed by atoms with Crippen LogP contribution >= 0.6 is 11.8 Å². The minimum absolute atomic E-state index is 0.347. The topological polar surface area (TPSA) is 94.3 Å². The highest BCUT2D eigenvalue weighted by Crippen LogP contribution is 2.30. The van der Waals surface area contributed by atoms with Crippen LogP contribution in [-0.4, -0.2) is 5.91 Å². The molecule has 1 aromatic heterocycles. The van der Waals surface area contributed by atoms with Crippen molar-refractivity contribution in [3.8, 4) is 0 Å². The minimum atomic E-state index is -0.409. The molecule has 0 spiro atoms. The van der Waals surface area contributed by atoms with Crippen molar-refractivity contribution < 1.29 is 13.6 Å².